The molecule has 0 aliphatic carbocycles. The summed E-state index contributed by atoms with van der Waals surface area (Å²) in [5.74, 6) is -0.602. The normalized spacial score (nSPS) is 14.5. The van der Waals surface area contributed by atoms with Crippen molar-refractivity contribution < 1.29 is 80.2 Å². The zero-order valence-electron chi connectivity index (χ0n) is 60.7. The zero-order chi connectivity index (χ0) is 69.3. The molecule has 94 heavy (non-hydrogen) atoms. The third-order valence-electron chi connectivity index (χ3n) is 17.2. The minimum Gasteiger partial charge on any atom is -0.462 e. The van der Waals surface area contributed by atoms with Gasteiger partial charge in [0.25, 0.3) is 0 Å². The second kappa shape index (κ2) is 66.4. The van der Waals surface area contributed by atoms with Crippen LogP contribution in [0.15, 0.2) is 24.3 Å². The lowest BCUT2D eigenvalue weighted by Gasteiger charge is -2.21. The van der Waals surface area contributed by atoms with Gasteiger partial charge in [0.05, 0.1) is 26.4 Å². The lowest BCUT2D eigenvalue weighted by Crippen LogP contribution is -2.30. The van der Waals surface area contributed by atoms with Crippen molar-refractivity contribution >= 4 is 39.5 Å². The number of carbonyl (C=O) groups is 4. The van der Waals surface area contributed by atoms with Gasteiger partial charge in [-0.3, -0.25) is 37.3 Å². The number of hydrogen-bond donors (Lipinski definition) is 3. The molecule has 0 saturated carbocycles. The van der Waals surface area contributed by atoms with E-state index in [0.29, 0.717) is 25.7 Å². The summed E-state index contributed by atoms with van der Waals surface area (Å²) in [5, 5.41) is 10.6. The van der Waals surface area contributed by atoms with Crippen LogP contribution in [0.25, 0.3) is 0 Å². The second-order valence-electron chi connectivity index (χ2n) is 27.1. The first kappa shape index (κ1) is 91.5. The molecule has 0 radical (unpaired) electrons. The van der Waals surface area contributed by atoms with E-state index in [1.54, 1.807) is 0 Å². The Kier molecular flexibility index (Phi) is 64.7. The molecule has 0 aromatic heterocycles. The first-order chi connectivity index (χ1) is 45.4. The van der Waals surface area contributed by atoms with E-state index in [9.17, 15) is 43.2 Å². The van der Waals surface area contributed by atoms with Crippen LogP contribution in [-0.4, -0.2) is 96.7 Å². The van der Waals surface area contributed by atoms with Crippen molar-refractivity contribution in [2.24, 2.45) is 11.8 Å². The van der Waals surface area contributed by atoms with Crippen molar-refractivity contribution in [3.8, 4) is 0 Å². The van der Waals surface area contributed by atoms with Crippen LogP contribution in [0.2, 0.25) is 0 Å². The van der Waals surface area contributed by atoms with Gasteiger partial charge in [-0.05, 0) is 63.2 Å². The number of allylic oxidation sites excluding steroid dienone is 4. The van der Waals surface area contributed by atoms with E-state index in [-0.39, 0.29) is 25.7 Å². The Labute approximate surface area is 573 Å². The van der Waals surface area contributed by atoms with Crippen molar-refractivity contribution in [3.05, 3.63) is 24.3 Å². The van der Waals surface area contributed by atoms with Crippen LogP contribution in [0.5, 0.6) is 0 Å². The number of phosphoric acid groups is 2. The lowest BCUT2D eigenvalue weighted by atomic mass is 9.99. The van der Waals surface area contributed by atoms with Crippen molar-refractivity contribution in [1.29, 1.82) is 0 Å². The van der Waals surface area contributed by atoms with Crippen molar-refractivity contribution in [2.75, 3.05) is 39.6 Å². The van der Waals surface area contributed by atoms with E-state index in [1.165, 1.54) is 167 Å². The van der Waals surface area contributed by atoms with E-state index in [1.807, 2.05) is 0 Å². The highest BCUT2D eigenvalue weighted by Crippen LogP contribution is 2.45. The highest BCUT2D eigenvalue weighted by atomic mass is 31.2. The summed E-state index contributed by atoms with van der Waals surface area (Å²) in [4.78, 5) is 72.8. The van der Waals surface area contributed by atoms with Gasteiger partial charge < -0.3 is 33.8 Å². The van der Waals surface area contributed by atoms with Gasteiger partial charge >= 0.3 is 39.5 Å². The Hall–Kier alpha value is -2.46. The fourth-order valence-corrected chi connectivity index (χ4v) is 12.5. The molecule has 3 N–H and O–H groups in total. The molecular weight excluding hydrogens is 1230 g/mol. The molecule has 6 atom stereocenters. The van der Waals surface area contributed by atoms with Gasteiger partial charge in [0.1, 0.15) is 19.3 Å². The summed E-state index contributed by atoms with van der Waals surface area (Å²) in [6, 6.07) is 0. The van der Waals surface area contributed by atoms with Gasteiger partial charge in [-0.1, -0.05) is 310 Å². The quantitative estimate of drug-likeness (QED) is 0.0169. The molecule has 17 nitrogen and oxygen atoms in total. The predicted octanol–water partition coefficient (Wildman–Crippen LogP) is 21.5. The van der Waals surface area contributed by atoms with Gasteiger partial charge in [-0.15, -0.1) is 0 Å². The van der Waals surface area contributed by atoms with Crippen LogP contribution in [0.1, 0.15) is 363 Å². The smallest absolute Gasteiger partial charge is 0.462 e. The van der Waals surface area contributed by atoms with E-state index >= 15 is 0 Å². The molecule has 0 heterocycles. The van der Waals surface area contributed by atoms with Gasteiger partial charge in [0.15, 0.2) is 12.2 Å². The highest BCUT2D eigenvalue weighted by Gasteiger charge is 2.30. The van der Waals surface area contributed by atoms with Crippen LogP contribution < -0.4 is 0 Å². The number of hydrogen-bond acceptors (Lipinski definition) is 15. The maximum Gasteiger partial charge on any atom is 0.472 e. The van der Waals surface area contributed by atoms with Crippen molar-refractivity contribution in [1.82, 2.24) is 0 Å². The van der Waals surface area contributed by atoms with Crippen LogP contribution in [-0.2, 0) is 65.4 Å². The van der Waals surface area contributed by atoms with E-state index < -0.39 is 97.5 Å². The first-order valence-corrected chi connectivity index (χ1v) is 41.3. The van der Waals surface area contributed by atoms with Gasteiger partial charge in [-0.25, -0.2) is 9.13 Å². The average Bonchev–Trinajstić information content (AvgIpc) is 1.16. The molecule has 0 aromatic carbocycles. The number of phosphoric ester groups is 2. The molecular formula is C75H142O17P2. The Morgan fingerprint density at radius 1 is 0.351 bits per heavy atom. The Balaban J connectivity index is 5.31. The SMILES string of the molecule is CCCCCC/C=C\C=C/CCCCCCCC(=O)O[C@H](COC(=O)CCCCCCCCCCCCCC(C)C)COP(=O)(O)OC[C@@H](O)COP(=O)(O)OC[C@@H](COC(=O)CCCCCCCCCCC(C)CC)OC(=O)CCCCCCCCCCCCCCC. The number of aliphatic hydroxyl groups is 1. The van der Waals surface area contributed by atoms with Crippen LogP contribution in [0.4, 0.5) is 0 Å². The molecule has 0 fully saturated rings. The summed E-state index contributed by atoms with van der Waals surface area (Å²) in [7, 11) is -9.92. The summed E-state index contributed by atoms with van der Waals surface area (Å²) in [6.45, 7) is 9.53. The molecule has 0 amide bonds. The summed E-state index contributed by atoms with van der Waals surface area (Å²) >= 11 is 0. The number of carbonyl (C=O) groups excluding carboxylic acids is 4. The molecule has 0 spiro atoms. The van der Waals surface area contributed by atoms with E-state index in [0.717, 1.165) is 115 Å². The summed E-state index contributed by atoms with van der Waals surface area (Å²) < 4.78 is 68.5. The average molecular weight is 1380 g/mol. The molecule has 0 aliphatic heterocycles. The molecule has 3 unspecified atom stereocenters. The fraction of sp³-hybridized carbons (Fsp3) is 0.893. The minimum absolute atomic E-state index is 0.0849. The molecule has 0 saturated heterocycles. The number of rotatable bonds is 72. The van der Waals surface area contributed by atoms with Crippen LogP contribution >= 0.6 is 15.6 Å². The molecule has 19 heteroatoms. The Bertz CT molecular complexity index is 1920. The van der Waals surface area contributed by atoms with Crippen LogP contribution in [0, 0.1) is 11.8 Å². The maximum absolute atomic E-state index is 13.1. The Morgan fingerprint density at radius 3 is 0.957 bits per heavy atom. The topological polar surface area (TPSA) is 237 Å². The maximum atomic E-state index is 13.1. The number of esters is 4. The zero-order valence-corrected chi connectivity index (χ0v) is 62.5. The van der Waals surface area contributed by atoms with Gasteiger partial charge in [-0.2, -0.15) is 0 Å². The van der Waals surface area contributed by atoms with Gasteiger partial charge in [0, 0.05) is 25.7 Å². The summed E-state index contributed by atoms with van der Waals surface area (Å²) in [5.41, 5.74) is 0. The largest absolute Gasteiger partial charge is 0.472 e. The lowest BCUT2D eigenvalue weighted by molar-refractivity contribution is -0.161. The molecule has 0 aliphatic rings. The van der Waals surface area contributed by atoms with E-state index in [2.05, 4.69) is 65.8 Å². The number of ether oxygens (including phenoxy) is 4. The van der Waals surface area contributed by atoms with Crippen molar-refractivity contribution in [3.63, 3.8) is 0 Å². The monoisotopic (exact) mass is 1380 g/mol. The fourth-order valence-electron chi connectivity index (χ4n) is 10.9. The number of unbranched alkanes of at least 4 members (excludes halogenated alkanes) is 38. The standard InChI is InChI=1S/C75H142O17P2/c1-7-10-12-14-16-18-20-22-23-25-29-34-42-48-54-60-75(80)91-70(63-85-72(77)57-51-45-39-32-30-26-27-31-37-43-49-55-67(4)5)65-89-93(81,82)87-61-69(76)62-88-94(83,84)90-66-71(64-86-73(78)58-52-46-40-36-35-38-44-50-56-68(6)9-3)92-74(79)59-53-47-41-33-28-24-21-19-17-15-13-11-8-2/h18,20,22-23,67-71,76H,7-17,19,21,24-66H2,1-6H3,(H,81,82)(H,83,84)/b20-18-,23-22-/t68?,69-,70-,71-/m1/s1. The molecule has 0 aromatic rings. The van der Waals surface area contributed by atoms with Crippen molar-refractivity contribution in [2.45, 2.75) is 381 Å². The highest BCUT2D eigenvalue weighted by molar-refractivity contribution is 7.47. The van der Waals surface area contributed by atoms with E-state index in [4.69, 9.17) is 37.0 Å². The predicted molar refractivity (Wildman–Crippen MR) is 381 cm³/mol. The summed E-state index contributed by atoms with van der Waals surface area (Å²) in [6.07, 6.45) is 56.1. The minimum atomic E-state index is -4.96. The third kappa shape index (κ3) is 66.8. The van der Waals surface area contributed by atoms with Crippen LogP contribution in [0.3, 0.4) is 0 Å². The second-order valence-corrected chi connectivity index (χ2v) is 30.0. The first-order valence-electron chi connectivity index (χ1n) is 38.3. The van der Waals surface area contributed by atoms with Gasteiger partial charge in [0.2, 0.25) is 0 Å². The number of aliphatic hydroxyl groups excluding tert-OH is 1. The molecule has 554 valence electrons. The Morgan fingerprint density at radius 2 is 0.628 bits per heavy atom. The molecule has 0 rings (SSSR count). The third-order valence-corrected chi connectivity index (χ3v) is 19.1. The molecule has 0 bridgehead atoms.